The third-order valence-electron chi connectivity index (χ3n) is 3.60. The first kappa shape index (κ1) is 8.66. The van der Waals surface area contributed by atoms with Gasteiger partial charge in [-0.05, 0) is 30.1 Å². The molecule has 1 spiro atoms. The summed E-state index contributed by atoms with van der Waals surface area (Å²) < 4.78 is 0. The number of hydrogen-bond donors (Lipinski definition) is 1. The van der Waals surface area contributed by atoms with E-state index in [9.17, 15) is 0 Å². The van der Waals surface area contributed by atoms with Gasteiger partial charge in [-0.15, -0.1) is 11.8 Å². The van der Waals surface area contributed by atoms with Crippen molar-refractivity contribution in [1.82, 2.24) is 5.32 Å². The molecule has 2 aliphatic heterocycles. The van der Waals surface area contributed by atoms with E-state index in [2.05, 4.69) is 34.4 Å². The molecule has 1 fully saturated rings. The van der Waals surface area contributed by atoms with Gasteiger partial charge in [0.2, 0.25) is 0 Å². The van der Waals surface area contributed by atoms with Gasteiger partial charge in [-0.2, -0.15) is 0 Å². The van der Waals surface area contributed by atoms with Gasteiger partial charge in [0, 0.05) is 23.6 Å². The lowest BCUT2D eigenvalue weighted by atomic mass is 9.73. The molecule has 1 aliphatic carbocycles. The lowest BCUT2D eigenvalue weighted by molar-refractivity contribution is 0.366. The van der Waals surface area contributed by atoms with Crippen LogP contribution in [0, 0.1) is 11.3 Å². The van der Waals surface area contributed by atoms with E-state index in [1.165, 1.54) is 25.0 Å². The van der Waals surface area contributed by atoms with Crippen LogP contribution in [-0.2, 0) is 0 Å². The molecule has 0 amide bonds. The highest BCUT2D eigenvalue weighted by Gasteiger charge is 2.42. The molecular formula is C12H15NS. The summed E-state index contributed by atoms with van der Waals surface area (Å²) >= 11 is 1.79. The minimum Gasteiger partial charge on any atom is -0.387 e. The van der Waals surface area contributed by atoms with Gasteiger partial charge in [0.15, 0.2) is 0 Å². The molecule has 0 aromatic carbocycles. The fourth-order valence-electron chi connectivity index (χ4n) is 2.79. The maximum absolute atomic E-state index is 3.57. The summed E-state index contributed by atoms with van der Waals surface area (Å²) in [6.45, 7) is 1.09. The molecule has 74 valence electrons. The zero-order valence-electron chi connectivity index (χ0n) is 8.20. The maximum atomic E-state index is 3.57. The molecule has 0 aromatic rings. The maximum Gasteiger partial charge on any atom is 0.0333 e. The summed E-state index contributed by atoms with van der Waals surface area (Å²) in [5.41, 5.74) is 1.80. The van der Waals surface area contributed by atoms with Crippen LogP contribution in [0.2, 0.25) is 0 Å². The van der Waals surface area contributed by atoms with Gasteiger partial charge in [0.05, 0.1) is 0 Å². The largest absolute Gasteiger partial charge is 0.387 e. The number of thioether (sulfide) groups is 1. The van der Waals surface area contributed by atoms with Gasteiger partial charge in [-0.25, -0.2) is 0 Å². The Morgan fingerprint density at radius 1 is 1.36 bits per heavy atom. The Morgan fingerprint density at radius 2 is 2.21 bits per heavy atom. The van der Waals surface area contributed by atoms with Gasteiger partial charge in [-0.3, -0.25) is 0 Å². The molecule has 2 heterocycles. The van der Waals surface area contributed by atoms with E-state index in [1.807, 2.05) is 0 Å². The van der Waals surface area contributed by atoms with Gasteiger partial charge < -0.3 is 5.32 Å². The molecule has 14 heavy (non-hydrogen) atoms. The van der Waals surface area contributed by atoms with E-state index in [-0.39, 0.29) is 0 Å². The molecule has 0 aromatic heterocycles. The van der Waals surface area contributed by atoms with E-state index in [1.54, 1.807) is 11.8 Å². The molecule has 0 bridgehead atoms. The van der Waals surface area contributed by atoms with Crippen LogP contribution in [0.15, 0.2) is 34.7 Å². The van der Waals surface area contributed by atoms with Crippen LogP contribution in [-0.4, -0.2) is 6.54 Å². The zero-order chi connectivity index (χ0) is 9.43. The van der Waals surface area contributed by atoms with Crippen LogP contribution in [0.3, 0.4) is 0 Å². The van der Waals surface area contributed by atoms with Crippen molar-refractivity contribution in [3.8, 4) is 0 Å². The molecule has 1 unspecified atom stereocenters. The van der Waals surface area contributed by atoms with E-state index in [0.717, 1.165) is 12.5 Å². The first-order valence-corrected chi connectivity index (χ1v) is 6.30. The average Bonchev–Trinajstić information content (AvgIpc) is 2.60. The summed E-state index contributed by atoms with van der Waals surface area (Å²) in [5.74, 6) is 0.727. The standard InChI is InChI=1S/C12H15NS/c1-2-4-11-10(3-1)12(9-13-11)5-7-14-8-6-12/h4-8,10,13H,1-3,9H2. The number of rotatable bonds is 0. The van der Waals surface area contributed by atoms with Gasteiger partial charge in [0.25, 0.3) is 0 Å². The van der Waals surface area contributed by atoms with Crippen LogP contribution in [0.25, 0.3) is 0 Å². The molecule has 1 nitrogen and oxygen atoms in total. The van der Waals surface area contributed by atoms with Crippen LogP contribution in [0.4, 0.5) is 0 Å². The molecule has 3 aliphatic rings. The monoisotopic (exact) mass is 205 g/mol. The van der Waals surface area contributed by atoms with Crippen molar-refractivity contribution in [2.75, 3.05) is 6.54 Å². The molecule has 1 N–H and O–H groups in total. The molecule has 1 atom stereocenters. The summed E-state index contributed by atoms with van der Waals surface area (Å²) in [4.78, 5) is 0. The van der Waals surface area contributed by atoms with Crippen molar-refractivity contribution in [2.45, 2.75) is 19.3 Å². The summed E-state index contributed by atoms with van der Waals surface area (Å²) in [6.07, 6.45) is 11.1. The zero-order valence-corrected chi connectivity index (χ0v) is 9.02. The normalized spacial score (nSPS) is 32.6. The second-order valence-corrected chi connectivity index (χ2v) is 5.17. The van der Waals surface area contributed by atoms with Crippen LogP contribution in [0.1, 0.15) is 19.3 Å². The number of nitrogens with one attached hydrogen (secondary N) is 1. The highest BCUT2D eigenvalue weighted by atomic mass is 32.2. The quantitative estimate of drug-likeness (QED) is 0.652. The van der Waals surface area contributed by atoms with E-state index >= 15 is 0 Å². The van der Waals surface area contributed by atoms with Gasteiger partial charge >= 0.3 is 0 Å². The predicted molar refractivity (Wildman–Crippen MR) is 61.7 cm³/mol. The lowest BCUT2D eigenvalue weighted by Crippen LogP contribution is -2.26. The molecule has 0 saturated carbocycles. The predicted octanol–water partition coefficient (Wildman–Crippen LogP) is 3.03. The fourth-order valence-corrected chi connectivity index (χ4v) is 3.55. The Hall–Kier alpha value is -0.630. The third kappa shape index (κ3) is 1.17. The Balaban J connectivity index is 1.98. The van der Waals surface area contributed by atoms with Crippen molar-refractivity contribution >= 4 is 11.8 Å². The Labute approximate surface area is 89.3 Å². The highest BCUT2D eigenvalue weighted by molar-refractivity contribution is 8.04. The smallest absolute Gasteiger partial charge is 0.0333 e. The molecule has 1 saturated heterocycles. The Kier molecular flexibility index (Phi) is 1.98. The fraction of sp³-hybridized carbons (Fsp3) is 0.500. The first-order valence-electron chi connectivity index (χ1n) is 5.36. The van der Waals surface area contributed by atoms with Crippen molar-refractivity contribution in [2.24, 2.45) is 11.3 Å². The second kappa shape index (κ2) is 3.20. The minimum absolute atomic E-state index is 0.303. The second-order valence-electron chi connectivity index (χ2n) is 4.35. The van der Waals surface area contributed by atoms with E-state index in [0.29, 0.717) is 5.41 Å². The SMILES string of the molecule is C1=CC2(C=CS1)CNC1=CCCCC12. The average molecular weight is 205 g/mol. The Bertz CT molecular complexity index is 315. The topological polar surface area (TPSA) is 12.0 Å². The number of fused-ring (bicyclic) bond motifs is 2. The van der Waals surface area contributed by atoms with E-state index in [4.69, 9.17) is 0 Å². The van der Waals surface area contributed by atoms with Crippen molar-refractivity contribution in [3.05, 3.63) is 34.7 Å². The third-order valence-corrected chi connectivity index (χ3v) is 4.18. The highest BCUT2D eigenvalue weighted by Crippen LogP contribution is 2.47. The van der Waals surface area contributed by atoms with Gasteiger partial charge in [0.1, 0.15) is 0 Å². The van der Waals surface area contributed by atoms with Crippen LogP contribution < -0.4 is 5.32 Å². The van der Waals surface area contributed by atoms with Crippen molar-refractivity contribution in [1.29, 1.82) is 0 Å². The van der Waals surface area contributed by atoms with Crippen LogP contribution >= 0.6 is 11.8 Å². The van der Waals surface area contributed by atoms with Crippen LogP contribution in [0.5, 0.6) is 0 Å². The lowest BCUT2D eigenvalue weighted by Gasteiger charge is -2.31. The molecule has 2 heteroatoms. The first-order chi connectivity index (χ1) is 6.91. The minimum atomic E-state index is 0.303. The molecule has 0 radical (unpaired) electrons. The van der Waals surface area contributed by atoms with E-state index < -0.39 is 0 Å². The summed E-state index contributed by atoms with van der Waals surface area (Å²) in [5, 5.41) is 8.04. The molecular weight excluding hydrogens is 190 g/mol. The Morgan fingerprint density at radius 3 is 3.07 bits per heavy atom. The van der Waals surface area contributed by atoms with Crippen molar-refractivity contribution < 1.29 is 0 Å². The van der Waals surface area contributed by atoms with Gasteiger partial charge in [-0.1, -0.05) is 18.2 Å². The summed E-state index contributed by atoms with van der Waals surface area (Å²) in [6, 6.07) is 0. The molecule has 3 rings (SSSR count). The summed E-state index contributed by atoms with van der Waals surface area (Å²) in [7, 11) is 0. The number of allylic oxidation sites excluding steroid dienone is 2. The number of hydrogen-bond acceptors (Lipinski definition) is 2. The van der Waals surface area contributed by atoms with Crippen molar-refractivity contribution in [3.63, 3.8) is 0 Å².